The molecule has 0 spiro atoms. The lowest BCUT2D eigenvalue weighted by Gasteiger charge is -2.28. The lowest BCUT2D eigenvalue weighted by molar-refractivity contribution is 0.272. The van der Waals surface area contributed by atoms with Crippen LogP contribution in [0.15, 0.2) is 29.5 Å². The third kappa shape index (κ3) is 2.51. The summed E-state index contributed by atoms with van der Waals surface area (Å²) in [5.74, 6) is 0.725. The van der Waals surface area contributed by atoms with E-state index in [9.17, 15) is 0 Å². The minimum atomic E-state index is 0.372. The Morgan fingerprint density at radius 1 is 1.47 bits per heavy atom. The second-order valence-electron chi connectivity index (χ2n) is 4.26. The summed E-state index contributed by atoms with van der Waals surface area (Å²) in [5.41, 5.74) is 0. The van der Waals surface area contributed by atoms with E-state index in [4.69, 9.17) is 0 Å². The molecule has 1 unspecified atom stereocenters. The normalized spacial score (nSPS) is 20.1. The van der Waals surface area contributed by atoms with Crippen LogP contribution in [-0.2, 0) is 0 Å². The number of nitrogens with zero attached hydrogens (tertiary/aromatic N) is 2. The van der Waals surface area contributed by atoms with Crippen molar-refractivity contribution in [3.05, 3.63) is 29.5 Å². The highest BCUT2D eigenvalue weighted by Gasteiger charge is 2.22. The second kappa shape index (κ2) is 4.97. The van der Waals surface area contributed by atoms with Gasteiger partial charge in [-0.2, -0.15) is 5.10 Å². The van der Waals surface area contributed by atoms with E-state index >= 15 is 0 Å². The van der Waals surface area contributed by atoms with E-state index in [1.54, 1.807) is 0 Å². The number of allylic oxidation sites excluding steroid dienone is 1. The average Bonchev–Trinajstić information content (AvgIpc) is 2.68. The maximum Gasteiger partial charge on any atom is 0.0725 e. The molecule has 3 heteroatoms. The van der Waals surface area contributed by atoms with Crippen LogP contribution in [0.5, 0.6) is 0 Å². The third-order valence-electron chi connectivity index (χ3n) is 3.25. The average molecular weight is 269 g/mol. The molecular weight excluding hydrogens is 252 g/mol. The Hall–Kier alpha value is -0.570. The van der Waals surface area contributed by atoms with Gasteiger partial charge >= 0.3 is 0 Å². The Balaban J connectivity index is 2.12. The molecule has 0 aliphatic heterocycles. The van der Waals surface area contributed by atoms with Crippen molar-refractivity contribution in [2.45, 2.75) is 38.1 Å². The minimum Gasteiger partial charge on any atom is -0.264 e. The van der Waals surface area contributed by atoms with Gasteiger partial charge in [0.15, 0.2) is 0 Å². The smallest absolute Gasteiger partial charge is 0.0725 e. The SMILES string of the molecule is C=CC(C1CCCCC1)n1cc(Br)cn1. The number of hydrogen-bond donors (Lipinski definition) is 0. The van der Waals surface area contributed by atoms with Crippen LogP contribution in [0.25, 0.3) is 0 Å². The van der Waals surface area contributed by atoms with Gasteiger partial charge in [0.1, 0.15) is 0 Å². The summed E-state index contributed by atoms with van der Waals surface area (Å²) in [6.07, 6.45) is 12.7. The van der Waals surface area contributed by atoms with Crippen LogP contribution in [0.1, 0.15) is 38.1 Å². The van der Waals surface area contributed by atoms with Gasteiger partial charge in [0.2, 0.25) is 0 Å². The molecule has 2 rings (SSSR count). The van der Waals surface area contributed by atoms with Crippen LogP contribution < -0.4 is 0 Å². The maximum absolute atomic E-state index is 4.36. The van der Waals surface area contributed by atoms with Gasteiger partial charge in [-0.25, -0.2) is 0 Å². The summed E-state index contributed by atoms with van der Waals surface area (Å²) < 4.78 is 3.08. The lowest BCUT2D eigenvalue weighted by atomic mass is 9.84. The van der Waals surface area contributed by atoms with Crippen LogP contribution in [0.4, 0.5) is 0 Å². The van der Waals surface area contributed by atoms with E-state index in [1.807, 2.05) is 23.2 Å². The minimum absolute atomic E-state index is 0.372. The first-order valence-electron chi connectivity index (χ1n) is 5.63. The van der Waals surface area contributed by atoms with Crippen molar-refractivity contribution < 1.29 is 0 Å². The van der Waals surface area contributed by atoms with Crippen LogP contribution >= 0.6 is 15.9 Å². The Morgan fingerprint density at radius 2 is 2.20 bits per heavy atom. The number of halogens is 1. The zero-order chi connectivity index (χ0) is 10.7. The molecule has 1 aromatic heterocycles. The highest BCUT2D eigenvalue weighted by atomic mass is 79.9. The van der Waals surface area contributed by atoms with E-state index in [2.05, 4.69) is 27.6 Å². The van der Waals surface area contributed by atoms with Crippen molar-refractivity contribution in [2.24, 2.45) is 5.92 Å². The molecule has 0 amide bonds. The Labute approximate surface area is 99.5 Å². The van der Waals surface area contributed by atoms with E-state index in [0.29, 0.717) is 6.04 Å². The summed E-state index contributed by atoms with van der Waals surface area (Å²) in [7, 11) is 0. The zero-order valence-electron chi connectivity index (χ0n) is 8.90. The quantitative estimate of drug-likeness (QED) is 0.759. The van der Waals surface area contributed by atoms with Crippen molar-refractivity contribution in [1.82, 2.24) is 9.78 Å². The molecule has 1 saturated carbocycles. The monoisotopic (exact) mass is 268 g/mol. The van der Waals surface area contributed by atoms with Crippen molar-refractivity contribution in [1.29, 1.82) is 0 Å². The first-order valence-corrected chi connectivity index (χ1v) is 6.43. The van der Waals surface area contributed by atoms with Gasteiger partial charge in [-0.15, -0.1) is 6.58 Å². The van der Waals surface area contributed by atoms with E-state index in [1.165, 1.54) is 32.1 Å². The lowest BCUT2D eigenvalue weighted by Crippen LogP contribution is -2.20. The molecule has 0 aromatic carbocycles. The highest BCUT2D eigenvalue weighted by molar-refractivity contribution is 9.10. The molecule has 0 bridgehead atoms. The summed E-state index contributed by atoms with van der Waals surface area (Å²) >= 11 is 3.44. The van der Waals surface area contributed by atoms with Crippen molar-refractivity contribution in [3.8, 4) is 0 Å². The van der Waals surface area contributed by atoms with Crippen LogP contribution in [0, 0.1) is 5.92 Å². The van der Waals surface area contributed by atoms with Crippen molar-refractivity contribution in [3.63, 3.8) is 0 Å². The first-order chi connectivity index (χ1) is 7.31. The van der Waals surface area contributed by atoms with Crippen molar-refractivity contribution in [2.75, 3.05) is 0 Å². The maximum atomic E-state index is 4.36. The fourth-order valence-electron chi connectivity index (χ4n) is 2.47. The molecule has 1 heterocycles. The molecule has 1 aliphatic carbocycles. The standard InChI is InChI=1S/C12H17BrN2/c1-2-12(10-6-4-3-5-7-10)15-9-11(13)8-14-15/h2,8-10,12H,1,3-7H2. The summed E-state index contributed by atoms with van der Waals surface area (Å²) in [6, 6.07) is 0.372. The van der Waals surface area contributed by atoms with Crippen LogP contribution in [0.2, 0.25) is 0 Å². The Morgan fingerprint density at radius 3 is 2.73 bits per heavy atom. The van der Waals surface area contributed by atoms with Crippen LogP contribution in [-0.4, -0.2) is 9.78 Å². The Kier molecular flexibility index (Phi) is 3.62. The second-order valence-corrected chi connectivity index (χ2v) is 5.18. The predicted octanol–water partition coefficient (Wildman–Crippen LogP) is 3.95. The van der Waals surface area contributed by atoms with Gasteiger partial charge in [-0.05, 0) is 34.7 Å². The topological polar surface area (TPSA) is 17.8 Å². The largest absolute Gasteiger partial charge is 0.264 e. The van der Waals surface area contributed by atoms with E-state index in [-0.39, 0.29) is 0 Å². The summed E-state index contributed by atoms with van der Waals surface area (Å²) in [4.78, 5) is 0. The fraction of sp³-hybridized carbons (Fsp3) is 0.583. The number of rotatable bonds is 3. The molecule has 0 N–H and O–H groups in total. The van der Waals surface area contributed by atoms with E-state index in [0.717, 1.165) is 10.4 Å². The summed E-state index contributed by atoms with van der Waals surface area (Å²) in [6.45, 7) is 3.95. The van der Waals surface area contributed by atoms with Gasteiger partial charge in [0, 0.05) is 6.20 Å². The number of aromatic nitrogens is 2. The molecule has 0 radical (unpaired) electrons. The van der Waals surface area contributed by atoms with Crippen molar-refractivity contribution >= 4 is 15.9 Å². The van der Waals surface area contributed by atoms with Gasteiger partial charge in [-0.3, -0.25) is 4.68 Å². The molecular formula is C12H17BrN2. The predicted molar refractivity (Wildman–Crippen MR) is 65.7 cm³/mol. The number of hydrogen-bond acceptors (Lipinski definition) is 1. The van der Waals surface area contributed by atoms with Gasteiger partial charge in [0.25, 0.3) is 0 Å². The highest BCUT2D eigenvalue weighted by Crippen LogP contribution is 2.33. The molecule has 1 aromatic rings. The molecule has 82 valence electrons. The zero-order valence-corrected chi connectivity index (χ0v) is 10.5. The Bertz CT molecular complexity index is 326. The van der Waals surface area contributed by atoms with Gasteiger partial charge in [-0.1, -0.05) is 25.3 Å². The molecule has 1 fully saturated rings. The van der Waals surface area contributed by atoms with Gasteiger partial charge < -0.3 is 0 Å². The fourth-order valence-corrected chi connectivity index (χ4v) is 2.77. The summed E-state index contributed by atoms with van der Waals surface area (Å²) in [5, 5.41) is 4.36. The van der Waals surface area contributed by atoms with Crippen LogP contribution in [0.3, 0.4) is 0 Å². The first kappa shape index (κ1) is 10.9. The third-order valence-corrected chi connectivity index (χ3v) is 3.66. The molecule has 0 saturated heterocycles. The molecule has 15 heavy (non-hydrogen) atoms. The molecule has 1 aliphatic rings. The molecule has 1 atom stereocenters. The van der Waals surface area contributed by atoms with Gasteiger partial charge in [0.05, 0.1) is 16.7 Å². The molecule has 2 nitrogen and oxygen atoms in total. The van der Waals surface area contributed by atoms with E-state index < -0.39 is 0 Å².